The van der Waals surface area contributed by atoms with E-state index in [4.69, 9.17) is 4.52 Å². The first-order valence-electron chi connectivity index (χ1n) is 6.28. The Kier molecular flexibility index (Phi) is 3.47. The smallest absolute Gasteiger partial charge is 0.260 e. The van der Waals surface area contributed by atoms with Gasteiger partial charge in [-0.1, -0.05) is 17.3 Å². The van der Waals surface area contributed by atoms with Gasteiger partial charge in [-0.25, -0.2) is 4.98 Å². The van der Waals surface area contributed by atoms with Crippen molar-refractivity contribution < 1.29 is 4.52 Å². The molecule has 3 aromatic rings. The highest BCUT2D eigenvalue weighted by Gasteiger charge is 2.14. The molecular formula is C14H14N4OS. The van der Waals surface area contributed by atoms with Crippen LogP contribution in [0, 0.1) is 6.92 Å². The Morgan fingerprint density at radius 2 is 2.15 bits per heavy atom. The first-order chi connectivity index (χ1) is 9.74. The van der Waals surface area contributed by atoms with Crippen LogP contribution in [0.5, 0.6) is 0 Å². The number of para-hydroxylation sites is 1. The lowest BCUT2D eigenvalue weighted by atomic mass is 10.1. The SMILES string of the molecule is Cc1noc(-c2ccccc2NC(C)c2cscn2)n1. The van der Waals surface area contributed by atoms with E-state index >= 15 is 0 Å². The third kappa shape index (κ3) is 2.55. The summed E-state index contributed by atoms with van der Waals surface area (Å²) in [6.45, 7) is 3.88. The molecule has 0 aliphatic heterocycles. The molecule has 1 N–H and O–H groups in total. The number of anilines is 1. The van der Waals surface area contributed by atoms with Gasteiger partial charge >= 0.3 is 0 Å². The number of rotatable bonds is 4. The number of nitrogens with one attached hydrogen (secondary N) is 1. The molecule has 1 aromatic carbocycles. The van der Waals surface area contributed by atoms with E-state index in [2.05, 4.69) is 27.4 Å². The second kappa shape index (κ2) is 5.42. The quantitative estimate of drug-likeness (QED) is 0.792. The van der Waals surface area contributed by atoms with Crippen LogP contribution in [0.2, 0.25) is 0 Å². The van der Waals surface area contributed by atoms with E-state index in [1.165, 1.54) is 0 Å². The van der Waals surface area contributed by atoms with Crippen LogP contribution in [0.25, 0.3) is 11.5 Å². The van der Waals surface area contributed by atoms with Gasteiger partial charge in [0, 0.05) is 11.1 Å². The van der Waals surface area contributed by atoms with Gasteiger partial charge in [0.05, 0.1) is 22.8 Å². The normalized spacial score (nSPS) is 12.3. The summed E-state index contributed by atoms with van der Waals surface area (Å²) in [7, 11) is 0. The number of aromatic nitrogens is 3. The number of nitrogens with zero attached hydrogens (tertiary/aromatic N) is 3. The van der Waals surface area contributed by atoms with Crippen molar-refractivity contribution >= 4 is 17.0 Å². The molecule has 1 unspecified atom stereocenters. The molecule has 0 radical (unpaired) electrons. The van der Waals surface area contributed by atoms with Crippen molar-refractivity contribution in [1.82, 2.24) is 15.1 Å². The standard InChI is InChI=1S/C14H14N4OS/c1-9(13-7-20-8-15-13)16-12-6-4-3-5-11(12)14-17-10(2)18-19-14/h3-9,16H,1-2H3. The molecule has 3 rings (SSSR count). The van der Waals surface area contributed by atoms with Crippen molar-refractivity contribution in [3.63, 3.8) is 0 Å². The number of aryl methyl sites for hydroxylation is 1. The van der Waals surface area contributed by atoms with Crippen molar-refractivity contribution in [2.45, 2.75) is 19.9 Å². The fourth-order valence-corrected chi connectivity index (χ4v) is 2.59. The molecule has 0 fully saturated rings. The fourth-order valence-electron chi connectivity index (χ4n) is 1.94. The lowest BCUT2D eigenvalue weighted by Gasteiger charge is -2.15. The van der Waals surface area contributed by atoms with Gasteiger partial charge in [-0.05, 0) is 26.0 Å². The Morgan fingerprint density at radius 3 is 2.85 bits per heavy atom. The van der Waals surface area contributed by atoms with Gasteiger partial charge in [0.1, 0.15) is 0 Å². The summed E-state index contributed by atoms with van der Waals surface area (Å²) in [5.74, 6) is 1.15. The molecule has 0 saturated carbocycles. The fraction of sp³-hybridized carbons (Fsp3) is 0.214. The average molecular weight is 286 g/mol. The average Bonchev–Trinajstić information content (AvgIpc) is 3.10. The van der Waals surface area contributed by atoms with Gasteiger partial charge in [-0.2, -0.15) is 4.98 Å². The van der Waals surface area contributed by atoms with Crippen molar-refractivity contribution in [2.24, 2.45) is 0 Å². The van der Waals surface area contributed by atoms with Crippen LogP contribution in [0.15, 0.2) is 39.7 Å². The summed E-state index contributed by atoms with van der Waals surface area (Å²) in [5, 5.41) is 9.31. The van der Waals surface area contributed by atoms with Crippen LogP contribution < -0.4 is 5.32 Å². The Balaban J connectivity index is 1.90. The van der Waals surface area contributed by atoms with Gasteiger partial charge in [0.25, 0.3) is 5.89 Å². The zero-order chi connectivity index (χ0) is 13.9. The van der Waals surface area contributed by atoms with Crippen molar-refractivity contribution in [1.29, 1.82) is 0 Å². The van der Waals surface area contributed by atoms with E-state index in [9.17, 15) is 0 Å². The van der Waals surface area contributed by atoms with Gasteiger partial charge in [-0.3, -0.25) is 0 Å². The first kappa shape index (κ1) is 12.8. The van der Waals surface area contributed by atoms with Gasteiger partial charge in [-0.15, -0.1) is 11.3 Å². The minimum Gasteiger partial charge on any atom is -0.376 e. The minimum atomic E-state index is 0.117. The molecule has 0 spiro atoms. The lowest BCUT2D eigenvalue weighted by molar-refractivity contribution is 0.425. The maximum atomic E-state index is 5.25. The molecule has 1 atom stereocenters. The number of benzene rings is 1. The molecule has 20 heavy (non-hydrogen) atoms. The summed E-state index contributed by atoms with van der Waals surface area (Å²) in [6.07, 6.45) is 0. The Hall–Kier alpha value is -2.21. The van der Waals surface area contributed by atoms with Crippen LogP contribution in [-0.4, -0.2) is 15.1 Å². The van der Waals surface area contributed by atoms with Crippen LogP contribution in [-0.2, 0) is 0 Å². The second-order valence-electron chi connectivity index (χ2n) is 4.47. The summed E-state index contributed by atoms with van der Waals surface area (Å²) < 4.78 is 5.25. The largest absolute Gasteiger partial charge is 0.376 e. The highest BCUT2D eigenvalue weighted by molar-refractivity contribution is 7.07. The van der Waals surface area contributed by atoms with E-state index in [0.717, 1.165) is 16.9 Å². The minimum absolute atomic E-state index is 0.117. The van der Waals surface area contributed by atoms with Crippen molar-refractivity contribution in [3.05, 3.63) is 46.7 Å². The predicted octanol–water partition coefficient (Wildman–Crippen LogP) is 3.67. The van der Waals surface area contributed by atoms with Crippen LogP contribution in [0.1, 0.15) is 24.5 Å². The second-order valence-corrected chi connectivity index (χ2v) is 5.19. The van der Waals surface area contributed by atoms with Gasteiger partial charge in [0.15, 0.2) is 5.82 Å². The Labute approximate surface area is 120 Å². The highest BCUT2D eigenvalue weighted by atomic mass is 32.1. The lowest BCUT2D eigenvalue weighted by Crippen LogP contribution is -2.07. The molecular weight excluding hydrogens is 272 g/mol. The first-order valence-corrected chi connectivity index (χ1v) is 7.22. The monoisotopic (exact) mass is 286 g/mol. The number of thiazole rings is 1. The van der Waals surface area contributed by atoms with E-state index < -0.39 is 0 Å². The van der Waals surface area contributed by atoms with Crippen LogP contribution >= 0.6 is 11.3 Å². The molecule has 0 aliphatic rings. The Morgan fingerprint density at radius 1 is 1.30 bits per heavy atom. The highest BCUT2D eigenvalue weighted by Crippen LogP contribution is 2.29. The number of hydrogen-bond acceptors (Lipinski definition) is 6. The van der Waals surface area contributed by atoms with E-state index in [1.807, 2.05) is 35.2 Å². The Bertz CT molecular complexity index is 693. The zero-order valence-corrected chi connectivity index (χ0v) is 12.0. The summed E-state index contributed by atoms with van der Waals surface area (Å²) in [4.78, 5) is 8.60. The van der Waals surface area contributed by atoms with E-state index in [0.29, 0.717) is 11.7 Å². The molecule has 2 aromatic heterocycles. The van der Waals surface area contributed by atoms with E-state index in [-0.39, 0.29) is 6.04 Å². The summed E-state index contributed by atoms with van der Waals surface area (Å²) in [5.41, 5.74) is 4.71. The molecule has 2 heterocycles. The van der Waals surface area contributed by atoms with Crippen LogP contribution in [0.3, 0.4) is 0 Å². The molecule has 0 amide bonds. The topological polar surface area (TPSA) is 63.8 Å². The summed E-state index contributed by atoms with van der Waals surface area (Å²) >= 11 is 1.59. The molecule has 5 nitrogen and oxygen atoms in total. The third-order valence-corrected chi connectivity index (χ3v) is 3.56. The molecule has 0 aliphatic carbocycles. The molecule has 102 valence electrons. The predicted molar refractivity (Wildman–Crippen MR) is 78.6 cm³/mol. The van der Waals surface area contributed by atoms with Crippen molar-refractivity contribution in [2.75, 3.05) is 5.32 Å². The summed E-state index contributed by atoms with van der Waals surface area (Å²) in [6, 6.07) is 8.00. The van der Waals surface area contributed by atoms with Crippen LogP contribution in [0.4, 0.5) is 5.69 Å². The molecule has 0 saturated heterocycles. The molecule has 6 heteroatoms. The third-order valence-electron chi connectivity index (χ3n) is 2.95. The number of hydrogen-bond donors (Lipinski definition) is 1. The van der Waals surface area contributed by atoms with Crippen molar-refractivity contribution in [3.8, 4) is 11.5 Å². The van der Waals surface area contributed by atoms with E-state index in [1.54, 1.807) is 18.3 Å². The van der Waals surface area contributed by atoms with Gasteiger partial charge < -0.3 is 9.84 Å². The molecule has 0 bridgehead atoms. The maximum absolute atomic E-state index is 5.25. The van der Waals surface area contributed by atoms with Gasteiger partial charge in [0.2, 0.25) is 0 Å². The zero-order valence-electron chi connectivity index (χ0n) is 11.2. The maximum Gasteiger partial charge on any atom is 0.260 e.